The highest BCUT2D eigenvalue weighted by Gasteiger charge is 2.61. The lowest BCUT2D eigenvalue weighted by molar-refractivity contribution is -0.140. The Morgan fingerprint density at radius 2 is 1.88 bits per heavy atom. The van der Waals surface area contributed by atoms with Gasteiger partial charge in [-0.15, -0.1) is 0 Å². The smallest absolute Gasteiger partial charge is 0.139 e. The molecule has 0 amide bonds. The Balaban J connectivity index is 1.99. The zero-order chi connectivity index (χ0) is 11.6. The number of fused-ring (bicyclic) bond motifs is 1. The van der Waals surface area contributed by atoms with Crippen LogP contribution in [0.5, 0.6) is 0 Å². The molecule has 16 heavy (non-hydrogen) atoms. The van der Waals surface area contributed by atoms with Crippen LogP contribution in [0.2, 0.25) is 0 Å². The Bertz CT molecular complexity index is 341. The molecule has 2 bridgehead atoms. The van der Waals surface area contributed by atoms with Crippen molar-refractivity contribution < 1.29 is 4.79 Å². The van der Waals surface area contributed by atoms with Crippen LogP contribution < -0.4 is 0 Å². The summed E-state index contributed by atoms with van der Waals surface area (Å²) in [5.41, 5.74) is 0.891. The summed E-state index contributed by atoms with van der Waals surface area (Å²) >= 11 is 0. The van der Waals surface area contributed by atoms with Gasteiger partial charge in [0, 0.05) is 11.8 Å². The standard InChI is InChI=1S/C15H24O/c1-13(2)7-11-8-14(3)5-4-6-15(11,10-14)12(16)9-13/h11H,4-10H2,1-3H3/t11-,14-,15+/m1/s1. The van der Waals surface area contributed by atoms with Gasteiger partial charge in [0.2, 0.25) is 0 Å². The molecule has 0 heterocycles. The number of carbonyl (C=O) groups excluding carboxylic acids is 1. The summed E-state index contributed by atoms with van der Waals surface area (Å²) < 4.78 is 0. The SMILES string of the molecule is CC1(C)CC(=O)[C@]23CCC[C@](C)(C[C@H]2C1)C3. The number of rotatable bonds is 0. The third-order valence-electron chi connectivity index (χ3n) is 5.66. The first kappa shape index (κ1) is 10.8. The van der Waals surface area contributed by atoms with E-state index in [0.717, 1.165) is 6.42 Å². The molecule has 3 aliphatic carbocycles. The van der Waals surface area contributed by atoms with Gasteiger partial charge in [-0.25, -0.2) is 0 Å². The summed E-state index contributed by atoms with van der Waals surface area (Å²) in [6, 6.07) is 0. The average molecular weight is 220 g/mol. The second kappa shape index (κ2) is 2.91. The van der Waals surface area contributed by atoms with Gasteiger partial charge in [-0.3, -0.25) is 4.79 Å². The van der Waals surface area contributed by atoms with Crippen LogP contribution >= 0.6 is 0 Å². The second-order valence-electron chi connectivity index (χ2n) is 7.87. The Hall–Kier alpha value is -0.330. The molecular formula is C15H24O. The minimum Gasteiger partial charge on any atom is -0.299 e. The maximum Gasteiger partial charge on any atom is 0.139 e. The largest absolute Gasteiger partial charge is 0.299 e. The molecule has 0 aromatic heterocycles. The minimum atomic E-state index is 0.128. The quantitative estimate of drug-likeness (QED) is 0.604. The van der Waals surface area contributed by atoms with E-state index >= 15 is 0 Å². The highest BCUT2D eigenvalue weighted by Crippen LogP contribution is 2.66. The fourth-order valence-electron chi connectivity index (χ4n) is 5.16. The first-order chi connectivity index (χ1) is 7.35. The molecular weight excluding hydrogens is 196 g/mol. The highest BCUT2D eigenvalue weighted by molar-refractivity contribution is 5.87. The van der Waals surface area contributed by atoms with Gasteiger partial charge >= 0.3 is 0 Å². The third-order valence-corrected chi connectivity index (χ3v) is 5.66. The van der Waals surface area contributed by atoms with Crippen molar-refractivity contribution in [2.75, 3.05) is 0 Å². The number of hydrogen-bond acceptors (Lipinski definition) is 1. The fourth-order valence-corrected chi connectivity index (χ4v) is 5.16. The predicted octanol–water partition coefficient (Wildman–Crippen LogP) is 3.96. The van der Waals surface area contributed by atoms with Crippen LogP contribution in [0.4, 0.5) is 0 Å². The van der Waals surface area contributed by atoms with Crippen molar-refractivity contribution in [2.45, 2.75) is 65.7 Å². The lowest BCUT2D eigenvalue weighted by atomic mass is 9.57. The maximum absolute atomic E-state index is 12.6. The molecule has 0 unspecified atom stereocenters. The van der Waals surface area contributed by atoms with E-state index in [2.05, 4.69) is 20.8 Å². The van der Waals surface area contributed by atoms with E-state index < -0.39 is 0 Å². The molecule has 0 N–H and O–H groups in total. The highest BCUT2D eigenvalue weighted by atomic mass is 16.1. The first-order valence-corrected chi connectivity index (χ1v) is 6.89. The van der Waals surface area contributed by atoms with Crippen molar-refractivity contribution in [3.05, 3.63) is 0 Å². The molecule has 0 radical (unpaired) electrons. The molecule has 3 atom stereocenters. The second-order valence-corrected chi connectivity index (χ2v) is 7.87. The van der Waals surface area contributed by atoms with Crippen molar-refractivity contribution in [1.82, 2.24) is 0 Å². The summed E-state index contributed by atoms with van der Waals surface area (Å²) in [6.07, 6.45) is 8.50. The number of Topliss-reactive ketones (excluding diaryl/α,β-unsaturated/α-hetero) is 1. The van der Waals surface area contributed by atoms with Crippen LogP contribution in [0, 0.1) is 22.2 Å². The number of hydrogen-bond donors (Lipinski definition) is 0. The predicted molar refractivity (Wildman–Crippen MR) is 65.1 cm³/mol. The van der Waals surface area contributed by atoms with Gasteiger partial charge in [0.15, 0.2) is 0 Å². The van der Waals surface area contributed by atoms with E-state index in [-0.39, 0.29) is 10.8 Å². The molecule has 3 aliphatic rings. The lowest BCUT2D eigenvalue weighted by Gasteiger charge is -2.46. The topological polar surface area (TPSA) is 17.1 Å². The normalized spacial score (nSPS) is 50.2. The van der Waals surface area contributed by atoms with Crippen LogP contribution in [0.15, 0.2) is 0 Å². The van der Waals surface area contributed by atoms with Gasteiger partial charge in [-0.1, -0.05) is 27.2 Å². The molecule has 0 saturated heterocycles. The molecule has 90 valence electrons. The van der Waals surface area contributed by atoms with Gasteiger partial charge in [-0.05, 0) is 48.9 Å². The monoisotopic (exact) mass is 220 g/mol. The van der Waals surface area contributed by atoms with Crippen molar-refractivity contribution in [2.24, 2.45) is 22.2 Å². The van der Waals surface area contributed by atoms with Gasteiger partial charge in [0.1, 0.15) is 5.78 Å². The van der Waals surface area contributed by atoms with E-state index in [9.17, 15) is 4.79 Å². The maximum atomic E-state index is 12.6. The van der Waals surface area contributed by atoms with Crippen molar-refractivity contribution in [3.8, 4) is 0 Å². The Kier molecular flexibility index (Phi) is 1.97. The fraction of sp³-hybridized carbons (Fsp3) is 0.933. The third kappa shape index (κ3) is 1.33. The molecule has 0 aliphatic heterocycles. The van der Waals surface area contributed by atoms with E-state index in [4.69, 9.17) is 0 Å². The van der Waals surface area contributed by atoms with Crippen molar-refractivity contribution >= 4 is 5.78 Å². The van der Waals surface area contributed by atoms with E-state index in [1.54, 1.807) is 0 Å². The molecule has 3 fully saturated rings. The summed E-state index contributed by atoms with van der Waals surface area (Å²) in [7, 11) is 0. The van der Waals surface area contributed by atoms with Crippen LogP contribution in [-0.2, 0) is 4.79 Å². The first-order valence-electron chi connectivity index (χ1n) is 6.89. The summed E-state index contributed by atoms with van der Waals surface area (Å²) in [5, 5.41) is 0. The van der Waals surface area contributed by atoms with Crippen LogP contribution in [0.1, 0.15) is 65.7 Å². The summed E-state index contributed by atoms with van der Waals surface area (Å²) in [6.45, 7) is 6.98. The molecule has 3 rings (SSSR count). The van der Waals surface area contributed by atoms with E-state index in [1.165, 1.54) is 38.5 Å². The lowest BCUT2D eigenvalue weighted by Crippen LogP contribution is -2.45. The zero-order valence-corrected chi connectivity index (χ0v) is 10.9. The van der Waals surface area contributed by atoms with Crippen LogP contribution in [0.25, 0.3) is 0 Å². The molecule has 0 aromatic carbocycles. The van der Waals surface area contributed by atoms with Crippen LogP contribution in [-0.4, -0.2) is 5.78 Å². The van der Waals surface area contributed by atoms with Crippen molar-refractivity contribution in [3.63, 3.8) is 0 Å². The molecule has 1 heteroatoms. The molecule has 1 nitrogen and oxygen atoms in total. The molecule has 3 saturated carbocycles. The van der Waals surface area contributed by atoms with E-state index in [1.807, 2.05) is 0 Å². The summed E-state index contributed by atoms with van der Waals surface area (Å²) in [5.74, 6) is 1.31. The number of ketones is 1. The Morgan fingerprint density at radius 3 is 2.62 bits per heavy atom. The zero-order valence-electron chi connectivity index (χ0n) is 10.9. The number of carbonyl (C=O) groups is 1. The summed E-state index contributed by atoms with van der Waals surface area (Å²) in [4.78, 5) is 12.6. The molecule has 0 aromatic rings. The van der Waals surface area contributed by atoms with Crippen LogP contribution in [0.3, 0.4) is 0 Å². The Morgan fingerprint density at radius 1 is 1.12 bits per heavy atom. The Labute approximate surface area is 99.0 Å². The van der Waals surface area contributed by atoms with Crippen molar-refractivity contribution in [1.29, 1.82) is 0 Å². The molecule has 1 spiro atoms. The van der Waals surface area contributed by atoms with Gasteiger partial charge in [0.25, 0.3) is 0 Å². The van der Waals surface area contributed by atoms with Gasteiger partial charge < -0.3 is 0 Å². The van der Waals surface area contributed by atoms with E-state index in [0.29, 0.717) is 17.1 Å². The van der Waals surface area contributed by atoms with Gasteiger partial charge in [-0.2, -0.15) is 0 Å². The van der Waals surface area contributed by atoms with Gasteiger partial charge in [0.05, 0.1) is 0 Å². The average Bonchev–Trinajstić information content (AvgIpc) is 2.31. The minimum absolute atomic E-state index is 0.128.